The summed E-state index contributed by atoms with van der Waals surface area (Å²) in [5.74, 6) is -0.565. The minimum absolute atomic E-state index is 0.0249. The summed E-state index contributed by atoms with van der Waals surface area (Å²) in [5, 5.41) is 9.49. The lowest BCUT2D eigenvalue weighted by molar-refractivity contribution is -0.355. The van der Waals surface area contributed by atoms with Gasteiger partial charge in [-0.25, -0.2) is 4.98 Å². The number of nitrogens with one attached hydrogen (secondary N) is 1. The Hall–Kier alpha value is -3.67. The second-order valence-electron chi connectivity index (χ2n) is 11.2. The fourth-order valence-electron chi connectivity index (χ4n) is 5.81. The number of fused-ring (bicyclic) bond motifs is 1. The highest BCUT2D eigenvalue weighted by atomic mass is 35.5. The summed E-state index contributed by atoms with van der Waals surface area (Å²) in [5.41, 5.74) is 5.63. The number of likely N-dealkylation sites (tertiary alicyclic amines) is 1. The number of aromatic nitrogens is 3. The average molecular weight is 615 g/mol. The van der Waals surface area contributed by atoms with Gasteiger partial charge in [-0.1, -0.05) is 60.1 Å². The Balaban J connectivity index is 1.07. The van der Waals surface area contributed by atoms with Gasteiger partial charge in [0.25, 0.3) is 6.01 Å². The highest BCUT2D eigenvalue weighted by Crippen LogP contribution is 2.33. The molecule has 0 spiro atoms. The molecule has 2 aromatic heterocycles. The van der Waals surface area contributed by atoms with E-state index in [1.165, 1.54) is 0 Å². The molecule has 1 aliphatic heterocycles. The Labute approximate surface area is 250 Å². The molecule has 12 heteroatoms. The van der Waals surface area contributed by atoms with E-state index in [1.54, 1.807) is 6.07 Å². The maximum atomic E-state index is 12.3. The minimum atomic E-state index is -4.59. The molecule has 6 rings (SSSR count). The normalized spacial score (nSPS) is 19.8. The fraction of sp³-hybridized carbons (Fsp3) is 0.387. The summed E-state index contributed by atoms with van der Waals surface area (Å²) < 4.78 is 47.1. The van der Waals surface area contributed by atoms with Crippen LogP contribution in [0.2, 0.25) is 5.02 Å². The van der Waals surface area contributed by atoms with E-state index >= 15 is 0 Å². The van der Waals surface area contributed by atoms with Crippen LogP contribution in [0.15, 0.2) is 54.6 Å². The molecule has 0 bridgehead atoms. The monoisotopic (exact) mass is 614 g/mol. The SMILES string of the molecule is O=C(O)C[C@H]1CC[C@H](Oc2nc3nc(-c4ccc(-c5ccc(CN6CC(OC(F)(F)F)C6)cc5)cc4)c(Cl)cc3[nH]2)CC1. The number of aromatic amines is 1. The summed E-state index contributed by atoms with van der Waals surface area (Å²) in [7, 11) is 0. The molecule has 0 amide bonds. The van der Waals surface area contributed by atoms with Gasteiger partial charge >= 0.3 is 12.3 Å². The highest BCUT2D eigenvalue weighted by molar-refractivity contribution is 6.33. The fourth-order valence-corrected chi connectivity index (χ4v) is 6.07. The first-order valence-corrected chi connectivity index (χ1v) is 14.6. The molecule has 1 saturated carbocycles. The van der Waals surface area contributed by atoms with Gasteiger partial charge in [-0.3, -0.25) is 14.4 Å². The molecule has 43 heavy (non-hydrogen) atoms. The first-order valence-electron chi connectivity index (χ1n) is 14.2. The number of nitrogens with zero attached hydrogens (tertiary/aromatic N) is 3. The lowest BCUT2D eigenvalue weighted by Crippen LogP contribution is -2.53. The van der Waals surface area contributed by atoms with Crippen molar-refractivity contribution in [3.05, 3.63) is 65.2 Å². The number of benzene rings is 2. The molecular weight excluding hydrogens is 585 g/mol. The molecule has 8 nitrogen and oxygen atoms in total. The number of alkyl halides is 3. The number of halogens is 4. The van der Waals surface area contributed by atoms with Gasteiger partial charge in [0.15, 0.2) is 5.65 Å². The quantitative estimate of drug-likeness (QED) is 0.208. The van der Waals surface area contributed by atoms with Crippen LogP contribution in [0.5, 0.6) is 6.01 Å². The molecule has 2 aliphatic rings. The van der Waals surface area contributed by atoms with E-state index in [9.17, 15) is 18.0 Å². The molecule has 226 valence electrons. The van der Waals surface area contributed by atoms with E-state index in [-0.39, 0.29) is 31.5 Å². The van der Waals surface area contributed by atoms with Crippen molar-refractivity contribution < 1.29 is 32.5 Å². The molecule has 0 unspecified atom stereocenters. The van der Waals surface area contributed by atoms with Gasteiger partial charge in [0.1, 0.15) is 6.10 Å². The summed E-state index contributed by atoms with van der Waals surface area (Å²) in [6.07, 6.45) is -2.02. The molecule has 0 atom stereocenters. The molecule has 2 N–H and O–H groups in total. The topological polar surface area (TPSA) is 101 Å². The Morgan fingerprint density at radius 1 is 0.953 bits per heavy atom. The number of carboxylic acids is 1. The third-order valence-electron chi connectivity index (χ3n) is 8.02. The van der Waals surface area contributed by atoms with Crippen LogP contribution in [0.4, 0.5) is 13.2 Å². The average Bonchev–Trinajstić information content (AvgIpc) is 3.33. The van der Waals surface area contributed by atoms with Gasteiger partial charge < -0.3 is 14.8 Å². The van der Waals surface area contributed by atoms with Gasteiger partial charge in [-0.15, -0.1) is 13.2 Å². The van der Waals surface area contributed by atoms with Crippen molar-refractivity contribution in [2.45, 2.75) is 57.2 Å². The van der Waals surface area contributed by atoms with Crippen molar-refractivity contribution >= 4 is 28.7 Å². The Bertz CT molecular complexity index is 1580. The van der Waals surface area contributed by atoms with E-state index in [1.807, 2.05) is 53.4 Å². The number of carbonyl (C=O) groups is 1. The van der Waals surface area contributed by atoms with Crippen molar-refractivity contribution in [2.24, 2.45) is 5.92 Å². The van der Waals surface area contributed by atoms with E-state index in [0.29, 0.717) is 34.4 Å². The number of H-pyrrole nitrogens is 1. The summed E-state index contributed by atoms with van der Waals surface area (Å²) >= 11 is 6.60. The number of hydrogen-bond donors (Lipinski definition) is 2. The first-order chi connectivity index (χ1) is 20.6. The van der Waals surface area contributed by atoms with Crippen LogP contribution < -0.4 is 4.74 Å². The van der Waals surface area contributed by atoms with Gasteiger partial charge in [0.05, 0.1) is 22.3 Å². The Kier molecular flexibility index (Phi) is 8.30. The largest absolute Gasteiger partial charge is 0.522 e. The molecule has 1 aliphatic carbocycles. The standard InChI is InChI=1S/C31H30ClF3N4O4/c32-25-14-26-29(38-30(36-26)42-23-11-3-18(4-12-23)13-27(40)41)37-28(25)22-9-7-21(8-10-22)20-5-1-19(2-6-20)15-39-16-24(17-39)43-31(33,34)35/h1-2,5-10,14,18,23-24H,3-4,11-13,15-17H2,(H,40,41)(H,36,37,38)/t18-,23-. The third-order valence-corrected chi connectivity index (χ3v) is 8.30. The molecule has 0 radical (unpaired) electrons. The van der Waals surface area contributed by atoms with Crippen molar-refractivity contribution in [2.75, 3.05) is 13.1 Å². The van der Waals surface area contributed by atoms with Gasteiger partial charge in [0.2, 0.25) is 0 Å². The maximum Gasteiger partial charge on any atom is 0.522 e. The van der Waals surface area contributed by atoms with Gasteiger partial charge in [-0.05, 0) is 54.4 Å². The zero-order valence-electron chi connectivity index (χ0n) is 23.1. The van der Waals surface area contributed by atoms with E-state index in [2.05, 4.69) is 19.7 Å². The van der Waals surface area contributed by atoms with Crippen LogP contribution in [-0.2, 0) is 16.1 Å². The first kappa shape index (κ1) is 29.4. The molecule has 4 aromatic rings. The zero-order chi connectivity index (χ0) is 30.1. The van der Waals surface area contributed by atoms with Crippen LogP contribution in [0, 0.1) is 5.92 Å². The number of imidazole rings is 1. The molecule has 2 fully saturated rings. The number of pyridine rings is 1. The molecular formula is C31H30ClF3N4O4. The Morgan fingerprint density at radius 3 is 2.21 bits per heavy atom. The Morgan fingerprint density at radius 2 is 1.58 bits per heavy atom. The van der Waals surface area contributed by atoms with Gasteiger partial charge in [0, 0.05) is 31.6 Å². The van der Waals surface area contributed by atoms with E-state index < -0.39 is 18.4 Å². The lowest BCUT2D eigenvalue weighted by atomic mass is 9.85. The summed E-state index contributed by atoms with van der Waals surface area (Å²) in [6, 6.07) is 18.0. The number of aliphatic carboxylic acids is 1. The smallest absolute Gasteiger partial charge is 0.481 e. The van der Waals surface area contributed by atoms with Crippen LogP contribution in [0.3, 0.4) is 0 Å². The van der Waals surface area contributed by atoms with E-state index in [4.69, 9.17) is 21.4 Å². The number of ether oxygens (including phenoxy) is 2. The van der Waals surface area contributed by atoms with Crippen LogP contribution >= 0.6 is 11.6 Å². The van der Waals surface area contributed by atoms with Crippen LogP contribution in [0.1, 0.15) is 37.7 Å². The summed E-state index contributed by atoms with van der Waals surface area (Å²) in [6.45, 7) is 1.08. The number of hydrogen-bond acceptors (Lipinski definition) is 6. The van der Waals surface area contributed by atoms with Gasteiger partial charge in [-0.2, -0.15) is 4.98 Å². The van der Waals surface area contributed by atoms with Crippen molar-refractivity contribution in [1.29, 1.82) is 0 Å². The minimum Gasteiger partial charge on any atom is -0.481 e. The van der Waals surface area contributed by atoms with Crippen molar-refractivity contribution in [3.8, 4) is 28.4 Å². The van der Waals surface area contributed by atoms with Crippen LogP contribution in [0.25, 0.3) is 33.5 Å². The second kappa shape index (κ2) is 12.1. The number of carboxylic acid groups (broad SMARTS) is 1. The molecule has 1 saturated heterocycles. The predicted molar refractivity (Wildman–Crippen MR) is 155 cm³/mol. The summed E-state index contributed by atoms with van der Waals surface area (Å²) in [4.78, 5) is 25.2. The van der Waals surface area contributed by atoms with Crippen LogP contribution in [-0.4, -0.2) is 62.6 Å². The predicted octanol–water partition coefficient (Wildman–Crippen LogP) is 7.08. The number of rotatable bonds is 9. The molecule has 2 aromatic carbocycles. The van der Waals surface area contributed by atoms with Crippen molar-refractivity contribution in [1.82, 2.24) is 19.9 Å². The molecule has 3 heterocycles. The highest BCUT2D eigenvalue weighted by Gasteiger charge is 2.39. The lowest BCUT2D eigenvalue weighted by Gasteiger charge is -2.39. The van der Waals surface area contributed by atoms with Crippen molar-refractivity contribution in [3.63, 3.8) is 0 Å². The second-order valence-corrected chi connectivity index (χ2v) is 11.7. The van der Waals surface area contributed by atoms with E-state index in [0.717, 1.165) is 47.9 Å². The zero-order valence-corrected chi connectivity index (χ0v) is 23.9. The maximum absolute atomic E-state index is 12.3. The third kappa shape index (κ3) is 7.29.